The Labute approximate surface area is 154 Å². The molecule has 0 aromatic carbocycles. The summed E-state index contributed by atoms with van der Waals surface area (Å²) in [6.45, 7) is 5.64. The third-order valence-electron chi connectivity index (χ3n) is 6.41. The predicted molar refractivity (Wildman–Crippen MR) is 95.7 cm³/mol. The van der Waals surface area contributed by atoms with Gasteiger partial charge in [-0.1, -0.05) is 0 Å². The summed E-state index contributed by atoms with van der Waals surface area (Å²) in [5, 5.41) is 0. The number of nitrogens with zero attached hydrogens (tertiary/aromatic N) is 4. The van der Waals surface area contributed by atoms with Crippen LogP contribution in [-0.4, -0.2) is 76.8 Å². The van der Waals surface area contributed by atoms with Gasteiger partial charge in [0.05, 0.1) is 0 Å². The average Bonchev–Trinajstić information content (AvgIpc) is 3.38. The highest BCUT2D eigenvalue weighted by atomic mass is 16.3. The van der Waals surface area contributed by atoms with Crippen LogP contribution in [0.1, 0.15) is 48.4 Å². The smallest absolute Gasteiger partial charge is 0.276 e. The van der Waals surface area contributed by atoms with E-state index in [0.29, 0.717) is 36.9 Å². The van der Waals surface area contributed by atoms with Crippen molar-refractivity contribution in [3.63, 3.8) is 0 Å². The number of amides is 2. The molecular formula is C19H28N4O3. The van der Waals surface area contributed by atoms with Crippen molar-refractivity contribution in [2.24, 2.45) is 5.92 Å². The second kappa shape index (κ2) is 6.68. The summed E-state index contributed by atoms with van der Waals surface area (Å²) >= 11 is 0. The molecule has 2 saturated heterocycles. The lowest BCUT2D eigenvalue weighted by molar-refractivity contribution is -0.130. The molecule has 142 valence electrons. The SMILES string of the molecule is Cc1ocnc1C(=O)N1CCN(C)C2(CCC(=O)N(CC3CC3)CC2)C1. The van der Waals surface area contributed by atoms with Crippen molar-refractivity contribution in [3.8, 4) is 0 Å². The van der Waals surface area contributed by atoms with E-state index in [-0.39, 0.29) is 17.4 Å². The van der Waals surface area contributed by atoms with Crippen molar-refractivity contribution in [2.75, 3.05) is 39.8 Å². The van der Waals surface area contributed by atoms with Crippen molar-refractivity contribution >= 4 is 11.8 Å². The Bertz CT molecular complexity index is 699. The fraction of sp³-hybridized carbons (Fsp3) is 0.737. The van der Waals surface area contributed by atoms with Crippen LogP contribution in [0, 0.1) is 12.8 Å². The predicted octanol–water partition coefficient (Wildman–Crippen LogP) is 1.53. The van der Waals surface area contributed by atoms with Crippen molar-refractivity contribution in [1.29, 1.82) is 0 Å². The molecule has 1 aliphatic carbocycles. The third-order valence-corrected chi connectivity index (χ3v) is 6.41. The molecule has 2 aliphatic heterocycles. The Morgan fingerprint density at radius 1 is 1.31 bits per heavy atom. The maximum Gasteiger partial charge on any atom is 0.276 e. The molecule has 3 fully saturated rings. The van der Waals surface area contributed by atoms with Crippen molar-refractivity contribution < 1.29 is 14.0 Å². The molecule has 0 radical (unpaired) electrons. The fourth-order valence-electron chi connectivity index (χ4n) is 4.33. The number of hydrogen-bond donors (Lipinski definition) is 0. The zero-order chi connectivity index (χ0) is 18.3. The van der Waals surface area contributed by atoms with Crippen molar-refractivity contribution in [2.45, 2.75) is 44.6 Å². The topological polar surface area (TPSA) is 69.9 Å². The van der Waals surface area contributed by atoms with E-state index < -0.39 is 0 Å². The fourth-order valence-corrected chi connectivity index (χ4v) is 4.33. The molecule has 1 unspecified atom stereocenters. The number of carbonyl (C=O) groups excluding carboxylic acids is 2. The van der Waals surface area contributed by atoms with Gasteiger partial charge in [0.15, 0.2) is 12.1 Å². The van der Waals surface area contributed by atoms with Gasteiger partial charge in [-0.15, -0.1) is 0 Å². The molecule has 1 spiro atoms. The molecule has 1 atom stereocenters. The van der Waals surface area contributed by atoms with Gasteiger partial charge in [0.2, 0.25) is 5.91 Å². The summed E-state index contributed by atoms with van der Waals surface area (Å²) in [5.74, 6) is 1.49. The normalized spacial score (nSPS) is 27.8. The zero-order valence-corrected chi connectivity index (χ0v) is 15.7. The van der Waals surface area contributed by atoms with E-state index in [1.54, 1.807) is 6.92 Å². The lowest BCUT2D eigenvalue weighted by atomic mass is 9.86. The quantitative estimate of drug-likeness (QED) is 0.818. The first-order chi connectivity index (χ1) is 12.5. The first-order valence-electron chi connectivity index (χ1n) is 9.67. The number of carbonyl (C=O) groups is 2. The largest absolute Gasteiger partial charge is 0.448 e. The molecule has 1 aromatic heterocycles. The average molecular weight is 360 g/mol. The lowest BCUT2D eigenvalue weighted by Gasteiger charge is -2.49. The van der Waals surface area contributed by atoms with E-state index in [4.69, 9.17) is 4.42 Å². The Morgan fingerprint density at radius 3 is 2.81 bits per heavy atom. The minimum absolute atomic E-state index is 0.0610. The number of likely N-dealkylation sites (N-methyl/N-ethyl adjacent to an activating group) is 1. The highest BCUT2D eigenvalue weighted by molar-refractivity contribution is 5.93. The van der Waals surface area contributed by atoms with E-state index >= 15 is 0 Å². The van der Waals surface area contributed by atoms with E-state index in [1.807, 2.05) is 4.90 Å². The molecule has 1 aromatic rings. The first-order valence-corrected chi connectivity index (χ1v) is 9.67. The molecule has 4 rings (SSSR count). The number of aryl methyl sites for hydroxylation is 1. The van der Waals surface area contributed by atoms with Crippen LogP contribution < -0.4 is 0 Å². The number of likely N-dealkylation sites (tertiary alicyclic amines) is 1. The molecule has 26 heavy (non-hydrogen) atoms. The minimum Gasteiger partial charge on any atom is -0.448 e. The van der Waals surface area contributed by atoms with Gasteiger partial charge >= 0.3 is 0 Å². The van der Waals surface area contributed by atoms with Crippen LogP contribution in [0.2, 0.25) is 0 Å². The van der Waals surface area contributed by atoms with Crippen LogP contribution in [0.5, 0.6) is 0 Å². The molecule has 1 saturated carbocycles. The molecule has 0 N–H and O–H groups in total. The van der Waals surface area contributed by atoms with Gasteiger partial charge in [-0.2, -0.15) is 0 Å². The standard InChI is InChI=1S/C19H28N4O3/c1-14-17(20-13-26-14)18(25)23-10-9-21(2)19(12-23)6-5-16(24)22(8-7-19)11-15-3-4-15/h13,15H,3-12H2,1-2H3. The second-order valence-electron chi connectivity index (χ2n) is 8.16. The van der Waals surface area contributed by atoms with Crippen molar-refractivity contribution in [1.82, 2.24) is 19.7 Å². The zero-order valence-electron chi connectivity index (χ0n) is 15.7. The molecule has 3 heterocycles. The summed E-state index contributed by atoms with van der Waals surface area (Å²) in [5.41, 5.74) is 0.282. The molecule has 3 aliphatic rings. The first kappa shape index (κ1) is 17.5. The highest BCUT2D eigenvalue weighted by Crippen LogP contribution is 2.35. The Balaban J connectivity index is 1.49. The summed E-state index contributed by atoms with van der Waals surface area (Å²) < 4.78 is 5.21. The van der Waals surface area contributed by atoms with Gasteiger partial charge in [0, 0.05) is 44.7 Å². The number of aromatic nitrogens is 1. The number of piperazine rings is 1. The Morgan fingerprint density at radius 2 is 2.12 bits per heavy atom. The highest BCUT2D eigenvalue weighted by Gasteiger charge is 2.44. The number of hydrogen-bond acceptors (Lipinski definition) is 5. The molecule has 7 nitrogen and oxygen atoms in total. The van der Waals surface area contributed by atoms with E-state index in [0.717, 1.165) is 32.5 Å². The maximum absolute atomic E-state index is 12.9. The van der Waals surface area contributed by atoms with Crippen LogP contribution in [0.4, 0.5) is 0 Å². The summed E-state index contributed by atoms with van der Waals surface area (Å²) in [7, 11) is 2.13. The van der Waals surface area contributed by atoms with Crippen LogP contribution in [0.15, 0.2) is 10.8 Å². The van der Waals surface area contributed by atoms with Crippen LogP contribution in [0.25, 0.3) is 0 Å². The van der Waals surface area contributed by atoms with E-state index in [9.17, 15) is 9.59 Å². The number of oxazole rings is 1. The van der Waals surface area contributed by atoms with E-state index in [1.165, 1.54) is 19.2 Å². The molecule has 7 heteroatoms. The maximum atomic E-state index is 12.9. The van der Waals surface area contributed by atoms with Gasteiger partial charge in [0.25, 0.3) is 5.91 Å². The van der Waals surface area contributed by atoms with Crippen LogP contribution >= 0.6 is 0 Å². The lowest BCUT2D eigenvalue weighted by Crippen LogP contribution is -2.62. The van der Waals surface area contributed by atoms with Gasteiger partial charge in [-0.25, -0.2) is 4.98 Å². The van der Waals surface area contributed by atoms with Crippen LogP contribution in [0.3, 0.4) is 0 Å². The summed E-state index contributed by atoms with van der Waals surface area (Å²) in [6.07, 6.45) is 6.15. The van der Waals surface area contributed by atoms with Gasteiger partial charge < -0.3 is 14.2 Å². The van der Waals surface area contributed by atoms with E-state index in [2.05, 4.69) is 21.8 Å². The molecule has 2 amide bonds. The minimum atomic E-state index is -0.125. The summed E-state index contributed by atoms with van der Waals surface area (Å²) in [6, 6.07) is 0. The van der Waals surface area contributed by atoms with Gasteiger partial charge in [-0.3, -0.25) is 14.5 Å². The summed E-state index contributed by atoms with van der Waals surface area (Å²) in [4.78, 5) is 35.9. The van der Waals surface area contributed by atoms with Crippen LogP contribution in [-0.2, 0) is 4.79 Å². The Hall–Kier alpha value is -1.89. The number of rotatable bonds is 3. The molecule has 0 bridgehead atoms. The van der Waals surface area contributed by atoms with Gasteiger partial charge in [-0.05, 0) is 45.6 Å². The monoisotopic (exact) mass is 360 g/mol. The second-order valence-corrected chi connectivity index (χ2v) is 8.16. The van der Waals surface area contributed by atoms with Gasteiger partial charge in [0.1, 0.15) is 5.76 Å². The van der Waals surface area contributed by atoms with Crippen molar-refractivity contribution in [3.05, 3.63) is 17.8 Å². The Kier molecular flexibility index (Phi) is 4.50. The molecular weight excluding hydrogens is 332 g/mol. The third kappa shape index (κ3) is 3.24.